The van der Waals surface area contributed by atoms with Gasteiger partial charge in [0.25, 0.3) is 0 Å². The Morgan fingerprint density at radius 2 is 2.25 bits per heavy atom. The Hall–Kier alpha value is -0.850. The molecule has 0 aliphatic heterocycles. The zero-order valence-electron chi connectivity index (χ0n) is 7.68. The predicted molar refractivity (Wildman–Crippen MR) is 48.8 cm³/mol. The summed E-state index contributed by atoms with van der Waals surface area (Å²) in [5, 5.41) is 0. The van der Waals surface area contributed by atoms with Gasteiger partial charge in [0.2, 0.25) is 0 Å². The molecule has 0 amide bonds. The van der Waals surface area contributed by atoms with E-state index < -0.39 is 0 Å². The van der Waals surface area contributed by atoms with Gasteiger partial charge in [-0.3, -0.25) is 4.79 Å². The van der Waals surface area contributed by atoms with Crippen LogP contribution in [0.1, 0.15) is 33.1 Å². The summed E-state index contributed by atoms with van der Waals surface area (Å²) in [5.74, 6) is 0.308. The lowest BCUT2D eigenvalue weighted by atomic mass is 9.73. The second-order valence-electron chi connectivity index (χ2n) is 4.19. The molecule has 0 saturated heterocycles. The van der Waals surface area contributed by atoms with Crippen molar-refractivity contribution in [2.24, 2.45) is 5.41 Å². The number of carbonyl (C=O) groups excluding carboxylic acids is 1. The first-order chi connectivity index (χ1) is 5.62. The van der Waals surface area contributed by atoms with Crippen LogP contribution in [0.3, 0.4) is 0 Å². The van der Waals surface area contributed by atoms with E-state index in [0.29, 0.717) is 5.78 Å². The van der Waals surface area contributed by atoms with Crippen molar-refractivity contribution in [1.82, 2.24) is 0 Å². The summed E-state index contributed by atoms with van der Waals surface area (Å²) in [5.41, 5.74) is 2.78. The molecule has 0 aromatic carbocycles. The number of rotatable bonds is 0. The summed E-state index contributed by atoms with van der Waals surface area (Å²) in [7, 11) is 0. The van der Waals surface area contributed by atoms with Gasteiger partial charge in [0, 0.05) is 11.8 Å². The summed E-state index contributed by atoms with van der Waals surface area (Å²) < 4.78 is 0. The summed E-state index contributed by atoms with van der Waals surface area (Å²) in [6.07, 6.45) is 7.08. The molecular formula is C11H14O. The van der Waals surface area contributed by atoms with Crippen LogP contribution in [0, 0.1) is 5.41 Å². The Balaban J connectivity index is 2.46. The summed E-state index contributed by atoms with van der Waals surface area (Å²) in [6.45, 7) is 4.32. The van der Waals surface area contributed by atoms with Crippen LogP contribution in [0.2, 0.25) is 0 Å². The number of ketones is 1. The highest BCUT2D eigenvalue weighted by Crippen LogP contribution is 2.47. The summed E-state index contributed by atoms with van der Waals surface area (Å²) in [4.78, 5) is 11.3. The van der Waals surface area contributed by atoms with Gasteiger partial charge < -0.3 is 0 Å². The minimum atomic E-state index is 0.177. The lowest BCUT2D eigenvalue weighted by Crippen LogP contribution is -2.19. The molecule has 0 fully saturated rings. The third-order valence-corrected chi connectivity index (χ3v) is 3.09. The fourth-order valence-corrected chi connectivity index (χ4v) is 2.40. The fourth-order valence-electron chi connectivity index (χ4n) is 2.40. The van der Waals surface area contributed by atoms with E-state index in [1.165, 1.54) is 11.1 Å². The Bertz CT molecular complexity index is 296. The van der Waals surface area contributed by atoms with Crippen LogP contribution in [-0.2, 0) is 4.79 Å². The first-order valence-electron chi connectivity index (χ1n) is 4.54. The predicted octanol–water partition coefficient (Wildman–Crippen LogP) is 2.63. The van der Waals surface area contributed by atoms with Crippen LogP contribution in [-0.4, -0.2) is 5.78 Å². The molecule has 0 heterocycles. The molecule has 12 heavy (non-hydrogen) atoms. The van der Waals surface area contributed by atoms with Gasteiger partial charge >= 0.3 is 0 Å². The van der Waals surface area contributed by atoms with Gasteiger partial charge in [-0.2, -0.15) is 0 Å². The van der Waals surface area contributed by atoms with Crippen LogP contribution in [0.25, 0.3) is 0 Å². The van der Waals surface area contributed by atoms with E-state index >= 15 is 0 Å². The topological polar surface area (TPSA) is 17.1 Å². The number of hydrogen-bond acceptors (Lipinski definition) is 1. The highest BCUT2D eigenvalue weighted by molar-refractivity contribution is 5.95. The summed E-state index contributed by atoms with van der Waals surface area (Å²) >= 11 is 0. The molecule has 0 bridgehead atoms. The number of allylic oxidation sites excluding steroid dienone is 4. The second-order valence-corrected chi connectivity index (χ2v) is 4.19. The van der Waals surface area contributed by atoms with Crippen LogP contribution in [0.4, 0.5) is 0 Å². The average molecular weight is 162 g/mol. The molecule has 0 N–H and O–H groups in total. The van der Waals surface area contributed by atoms with Crippen molar-refractivity contribution in [1.29, 1.82) is 0 Å². The van der Waals surface area contributed by atoms with E-state index in [4.69, 9.17) is 0 Å². The molecule has 1 nitrogen and oxygen atoms in total. The van der Waals surface area contributed by atoms with Crippen molar-refractivity contribution in [2.45, 2.75) is 33.1 Å². The molecular weight excluding hydrogens is 148 g/mol. The lowest BCUT2D eigenvalue weighted by molar-refractivity contribution is -0.115. The highest BCUT2D eigenvalue weighted by atomic mass is 16.1. The third kappa shape index (κ3) is 0.961. The first kappa shape index (κ1) is 7.78. The zero-order chi connectivity index (χ0) is 8.77. The fraction of sp³-hybridized carbons (Fsp3) is 0.545. The van der Waals surface area contributed by atoms with Gasteiger partial charge in [-0.1, -0.05) is 18.6 Å². The average Bonchev–Trinajstić information content (AvgIpc) is 2.26. The Kier molecular flexibility index (Phi) is 1.50. The lowest BCUT2D eigenvalue weighted by Gasteiger charge is -2.31. The van der Waals surface area contributed by atoms with E-state index in [2.05, 4.69) is 19.9 Å². The maximum atomic E-state index is 11.3. The molecule has 1 unspecified atom stereocenters. The number of fused-ring (bicyclic) bond motifs is 1. The van der Waals surface area contributed by atoms with E-state index in [9.17, 15) is 4.79 Å². The van der Waals surface area contributed by atoms with Crippen LogP contribution >= 0.6 is 0 Å². The molecule has 0 spiro atoms. The van der Waals surface area contributed by atoms with Crippen molar-refractivity contribution < 1.29 is 4.79 Å². The van der Waals surface area contributed by atoms with E-state index in [1.54, 1.807) is 0 Å². The highest BCUT2D eigenvalue weighted by Gasteiger charge is 2.38. The van der Waals surface area contributed by atoms with Crippen molar-refractivity contribution in [3.05, 3.63) is 23.3 Å². The standard InChI is InChI=1S/C11H14O/c1-8-4-3-5-11(2)7-9(12)6-10(8)11/h4,6H,3,5,7H2,1-2H3. The van der Waals surface area contributed by atoms with E-state index in [-0.39, 0.29) is 5.41 Å². The van der Waals surface area contributed by atoms with Crippen LogP contribution < -0.4 is 0 Å². The maximum Gasteiger partial charge on any atom is 0.156 e. The SMILES string of the molecule is CC1=CCCC2(C)CC(=O)C=C12. The molecule has 1 heteroatoms. The van der Waals surface area contributed by atoms with Crippen molar-refractivity contribution in [2.75, 3.05) is 0 Å². The number of hydrogen-bond donors (Lipinski definition) is 0. The van der Waals surface area contributed by atoms with E-state index in [1.807, 2.05) is 6.08 Å². The minimum Gasteiger partial charge on any atom is -0.295 e. The van der Waals surface area contributed by atoms with Gasteiger partial charge in [0.15, 0.2) is 5.78 Å². The normalized spacial score (nSPS) is 34.3. The molecule has 2 rings (SSSR count). The second kappa shape index (κ2) is 2.32. The van der Waals surface area contributed by atoms with Gasteiger partial charge in [0.1, 0.15) is 0 Å². The smallest absolute Gasteiger partial charge is 0.156 e. The van der Waals surface area contributed by atoms with Crippen molar-refractivity contribution in [3.63, 3.8) is 0 Å². The largest absolute Gasteiger partial charge is 0.295 e. The Labute approximate surface area is 73.2 Å². The molecule has 0 aromatic rings. The Morgan fingerprint density at radius 1 is 1.50 bits per heavy atom. The first-order valence-corrected chi connectivity index (χ1v) is 4.54. The molecule has 0 saturated carbocycles. The van der Waals surface area contributed by atoms with Gasteiger partial charge in [-0.25, -0.2) is 0 Å². The molecule has 1 atom stereocenters. The van der Waals surface area contributed by atoms with Crippen molar-refractivity contribution in [3.8, 4) is 0 Å². The maximum absolute atomic E-state index is 11.3. The summed E-state index contributed by atoms with van der Waals surface area (Å²) in [6, 6.07) is 0. The molecule has 64 valence electrons. The quantitative estimate of drug-likeness (QED) is 0.535. The minimum absolute atomic E-state index is 0.177. The molecule has 2 aliphatic rings. The zero-order valence-corrected chi connectivity index (χ0v) is 7.68. The van der Waals surface area contributed by atoms with Crippen LogP contribution in [0.5, 0.6) is 0 Å². The van der Waals surface area contributed by atoms with Gasteiger partial charge in [0.05, 0.1) is 0 Å². The Morgan fingerprint density at radius 3 is 2.92 bits per heavy atom. The molecule has 0 radical (unpaired) electrons. The molecule has 2 aliphatic carbocycles. The van der Waals surface area contributed by atoms with E-state index in [0.717, 1.165) is 19.3 Å². The van der Waals surface area contributed by atoms with Gasteiger partial charge in [-0.05, 0) is 31.4 Å². The third-order valence-electron chi connectivity index (χ3n) is 3.09. The number of carbonyl (C=O) groups is 1. The van der Waals surface area contributed by atoms with Crippen molar-refractivity contribution >= 4 is 5.78 Å². The molecule has 0 aromatic heterocycles. The van der Waals surface area contributed by atoms with Gasteiger partial charge in [-0.15, -0.1) is 0 Å². The monoisotopic (exact) mass is 162 g/mol. The van der Waals surface area contributed by atoms with Crippen LogP contribution in [0.15, 0.2) is 23.3 Å².